The molecule has 1 aromatic heterocycles. The van der Waals surface area contributed by atoms with E-state index in [1.54, 1.807) is 11.3 Å². The number of ketones is 1. The van der Waals surface area contributed by atoms with Crippen molar-refractivity contribution < 1.29 is 9.22 Å². The van der Waals surface area contributed by atoms with Gasteiger partial charge in [0.1, 0.15) is 5.78 Å². The summed E-state index contributed by atoms with van der Waals surface area (Å²) in [5.74, 6) is 0.475. The maximum Gasteiger partial charge on any atom is 0.171 e. The van der Waals surface area contributed by atoms with Crippen LogP contribution < -0.4 is 0 Å². The van der Waals surface area contributed by atoms with Crippen molar-refractivity contribution in [1.82, 2.24) is 0 Å². The summed E-state index contributed by atoms with van der Waals surface area (Å²) in [7, 11) is -1.11. The Morgan fingerprint density at radius 3 is 2.38 bits per heavy atom. The van der Waals surface area contributed by atoms with Crippen LogP contribution in [0.25, 0.3) is 0 Å². The quantitative estimate of drug-likeness (QED) is 0.660. The van der Waals surface area contributed by atoms with Crippen molar-refractivity contribution in [3.05, 3.63) is 21.9 Å². The van der Waals surface area contributed by atoms with E-state index in [2.05, 4.69) is 44.6 Å². The molecule has 0 N–H and O–H groups in total. The number of Topliss-reactive ketones (excluding diaryl/α,β-unsaturated/α-hetero) is 1. The van der Waals surface area contributed by atoms with E-state index >= 15 is 0 Å². The lowest BCUT2D eigenvalue weighted by molar-refractivity contribution is -0.121. The molecule has 1 heterocycles. The Morgan fingerprint density at radius 2 is 1.90 bits per heavy atom. The van der Waals surface area contributed by atoms with Gasteiger partial charge in [0.05, 0.1) is 6.10 Å². The van der Waals surface area contributed by atoms with Gasteiger partial charge in [0.15, 0.2) is 9.04 Å². The molecule has 2 nitrogen and oxygen atoms in total. The molecule has 1 unspecified atom stereocenters. The number of carbonyl (C=O) groups excluding carboxylic acids is 1. The van der Waals surface area contributed by atoms with E-state index in [0.717, 1.165) is 6.42 Å². The SMILES string of the molecule is CC(C)C(=O)CCc1cscc1C(O[SiH](C)C)C(C)(C)C. The number of hydrogen-bond donors (Lipinski definition) is 0. The van der Waals surface area contributed by atoms with Gasteiger partial charge in [-0.15, -0.1) is 0 Å². The molecule has 0 saturated heterocycles. The Morgan fingerprint density at radius 1 is 1.29 bits per heavy atom. The van der Waals surface area contributed by atoms with Gasteiger partial charge in [0, 0.05) is 12.3 Å². The predicted molar refractivity (Wildman–Crippen MR) is 94.6 cm³/mol. The lowest BCUT2D eigenvalue weighted by atomic mass is 9.84. The van der Waals surface area contributed by atoms with Crippen LogP contribution >= 0.6 is 11.3 Å². The molecular formula is C17H30O2SSi. The van der Waals surface area contributed by atoms with Crippen molar-refractivity contribution in [3.8, 4) is 0 Å². The highest BCUT2D eigenvalue weighted by Crippen LogP contribution is 2.39. The van der Waals surface area contributed by atoms with E-state index in [4.69, 9.17) is 4.43 Å². The molecule has 0 bridgehead atoms. The fourth-order valence-corrected chi connectivity index (χ4v) is 4.34. The number of carbonyl (C=O) groups is 1. The van der Waals surface area contributed by atoms with E-state index in [1.165, 1.54) is 11.1 Å². The Bertz CT molecular complexity index is 458. The Hall–Kier alpha value is -0.453. The van der Waals surface area contributed by atoms with Crippen LogP contribution in [0.2, 0.25) is 13.1 Å². The van der Waals surface area contributed by atoms with Crippen LogP contribution in [0.15, 0.2) is 10.8 Å². The topological polar surface area (TPSA) is 26.3 Å². The second-order valence-electron chi connectivity index (χ2n) is 7.40. The van der Waals surface area contributed by atoms with Gasteiger partial charge >= 0.3 is 0 Å². The minimum absolute atomic E-state index is 0.0785. The van der Waals surface area contributed by atoms with Gasteiger partial charge in [-0.25, -0.2) is 0 Å². The normalized spacial score (nSPS) is 14.0. The second kappa shape index (κ2) is 7.70. The predicted octanol–water partition coefficient (Wildman–Crippen LogP) is 4.99. The first-order valence-corrected chi connectivity index (χ1v) is 11.6. The largest absolute Gasteiger partial charge is 0.413 e. The molecule has 0 radical (unpaired) electrons. The Labute approximate surface area is 135 Å². The van der Waals surface area contributed by atoms with Crippen LogP contribution in [0.5, 0.6) is 0 Å². The Kier molecular flexibility index (Phi) is 6.82. The van der Waals surface area contributed by atoms with Crippen molar-refractivity contribution in [1.29, 1.82) is 0 Å². The first-order chi connectivity index (χ1) is 9.62. The van der Waals surface area contributed by atoms with Gasteiger partial charge in [-0.1, -0.05) is 34.6 Å². The van der Waals surface area contributed by atoms with E-state index in [-0.39, 0.29) is 17.4 Å². The van der Waals surface area contributed by atoms with E-state index in [0.29, 0.717) is 12.2 Å². The molecule has 0 aliphatic rings. The number of aryl methyl sites for hydroxylation is 1. The summed E-state index contributed by atoms with van der Waals surface area (Å²) < 4.78 is 6.31. The highest BCUT2D eigenvalue weighted by atomic mass is 32.1. The lowest BCUT2D eigenvalue weighted by Crippen LogP contribution is -2.26. The highest BCUT2D eigenvalue weighted by molar-refractivity contribution is 7.08. The minimum atomic E-state index is -1.11. The molecule has 0 fully saturated rings. The average molecular weight is 327 g/mol. The van der Waals surface area contributed by atoms with Gasteiger partial charge in [-0.3, -0.25) is 4.79 Å². The molecular weight excluding hydrogens is 296 g/mol. The van der Waals surface area contributed by atoms with Crippen LogP contribution in [0, 0.1) is 11.3 Å². The van der Waals surface area contributed by atoms with Gasteiger partial charge in [0.25, 0.3) is 0 Å². The molecule has 0 spiro atoms. The van der Waals surface area contributed by atoms with E-state index in [9.17, 15) is 4.79 Å². The summed E-state index contributed by atoms with van der Waals surface area (Å²) in [4.78, 5) is 11.9. The van der Waals surface area contributed by atoms with Gasteiger partial charge in [0.2, 0.25) is 0 Å². The minimum Gasteiger partial charge on any atom is -0.413 e. The maximum atomic E-state index is 11.9. The molecule has 0 aromatic carbocycles. The molecule has 4 heteroatoms. The summed E-state index contributed by atoms with van der Waals surface area (Å²) >= 11 is 1.72. The molecule has 1 atom stereocenters. The number of thiophene rings is 1. The molecule has 1 rings (SSSR count). The highest BCUT2D eigenvalue weighted by Gasteiger charge is 2.30. The molecule has 120 valence electrons. The third kappa shape index (κ3) is 5.68. The smallest absolute Gasteiger partial charge is 0.171 e. The third-order valence-electron chi connectivity index (χ3n) is 3.54. The van der Waals surface area contributed by atoms with Crippen molar-refractivity contribution in [2.75, 3.05) is 0 Å². The first kappa shape index (κ1) is 18.6. The molecule has 1 aromatic rings. The van der Waals surface area contributed by atoms with Crippen LogP contribution in [0.1, 0.15) is 58.3 Å². The van der Waals surface area contributed by atoms with Crippen LogP contribution in [0.4, 0.5) is 0 Å². The van der Waals surface area contributed by atoms with E-state index < -0.39 is 9.04 Å². The fraction of sp³-hybridized carbons (Fsp3) is 0.706. The van der Waals surface area contributed by atoms with Crippen molar-refractivity contribution in [3.63, 3.8) is 0 Å². The molecule has 0 aliphatic heterocycles. The molecule has 21 heavy (non-hydrogen) atoms. The summed E-state index contributed by atoms with van der Waals surface area (Å²) in [6.45, 7) is 15.1. The van der Waals surface area contributed by atoms with Gasteiger partial charge in [-0.2, -0.15) is 11.3 Å². The molecule has 0 amide bonds. The van der Waals surface area contributed by atoms with E-state index in [1.807, 2.05) is 13.8 Å². The summed E-state index contributed by atoms with van der Waals surface area (Å²) in [5, 5.41) is 4.40. The monoisotopic (exact) mass is 326 g/mol. The molecule has 0 saturated carbocycles. The number of rotatable bonds is 7. The van der Waals surface area contributed by atoms with Crippen molar-refractivity contribution >= 4 is 26.2 Å². The zero-order valence-corrected chi connectivity index (χ0v) is 16.5. The zero-order valence-electron chi connectivity index (χ0n) is 14.5. The van der Waals surface area contributed by atoms with Gasteiger partial charge < -0.3 is 4.43 Å². The zero-order chi connectivity index (χ0) is 16.2. The lowest BCUT2D eigenvalue weighted by Gasteiger charge is -2.33. The van der Waals surface area contributed by atoms with Gasteiger partial charge in [-0.05, 0) is 46.8 Å². The summed E-state index contributed by atoms with van der Waals surface area (Å²) in [5.41, 5.74) is 2.67. The van der Waals surface area contributed by atoms with Crippen LogP contribution in [-0.4, -0.2) is 14.8 Å². The average Bonchev–Trinajstić information content (AvgIpc) is 2.79. The maximum absolute atomic E-state index is 11.9. The standard InChI is InChI=1S/C17H30O2SSi/c1-12(2)15(18)9-8-13-10-20-11-14(13)16(17(3,4)5)19-21(6)7/h10-12,16,21H,8-9H2,1-7H3. The van der Waals surface area contributed by atoms with Crippen LogP contribution in [-0.2, 0) is 15.6 Å². The van der Waals surface area contributed by atoms with Crippen molar-refractivity contribution in [2.24, 2.45) is 11.3 Å². The Balaban J connectivity index is 2.91. The fourth-order valence-electron chi connectivity index (χ4n) is 2.33. The summed E-state index contributed by atoms with van der Waals surface area (Å²) in [6, 6.07) is 0. The second-order valence-corrected chi connectivity index (χ2v) is 10.5. The van der Waals surface area contributed by atoms with Crippen LogP contribution in [0.3, 0.4) is 0 Å². The third-order valence-corrected chi connectivity index (χ3v) is 5.17. The first-order valence-electron chi connectivity index (χ1n) is 7.86. The van der Waals surface area contributed by atoms with Crippen molar-refractivity contribution in [2.45, 2.75) is 66.7 Å². The molecule has 0 aliphatic carbocycles. The number of hydrogen-bond acceptors (Lipinski definition) is 3. The summed E-state index contributed by atoms with van der Waals surface area (Å²) in [6.07, 6.45) is 1.61.